The van der Waals surface area contributed by atoms with E-state index in [1.165, 1.54) is 0 Å². The summed E-state index contributed by atoms with van der Waals surface area (Å²) >= 11 is 0. The number of hydrogen-bond acceptors (Lipinski definition) is 5. The number of nitrogens with zero attached hydrogens (tertiary/aromatic N) is 1. The van der Waals surface area contributed by atoms with E-state index < -0.39 is 30.4 Å². The van der Waals surface area contributed by atoms with Crippen LogP contribution < -0.4 is 5.32 Å². The van der Waals surface area contributed by atoms with Gasteiger partial charge in [-0.15, -0.1) is 0 Å². The molecule has 1 saturated heterocycles. The van der Waals surface area contributed by atoms with Gasteiger partial charge in [0.2, 0.25) is 5.91 Å². The number of ether oxygens (including phenoxy) is 1. The summed E-state index contributed by atoms with van der Waals surface area (Å²) in [5.74, 6) is -2.90. The van der Waals surface area contributed by atoms with Gasteiger partial charge in [-0.25, -0.2) is 9.69 Å². The van der Waals surface area contributed by atoms with E-state index in [-0.39, 0.29) is 6.61 Å². The second-order valence-corrected chi connectivity index (χ2v) is 2.47. The zero-order valence-corrected chi connectivity index (χ0v) is 7.40. The summed E-state index contributed by atoms with van der Waals surface area (Å²) in [4.78, 5) is 44.2. The minimum absolute atomic E-state index is 0.0679. The molecule has 0 radical (unpaired) electrons. The van der Waals surface area contributed by atoms with Gasteiger partial charge in [-0.05, 0) is 6.92 Å². The van der Waals surface area contributed by atoms with Crippen molar-refractivity contribution < 1.29 is 23.9 Å². The Labute approximate surface area is 79.0 Å². The molecule has 14 heavy (non-hydrogen) atoms. The van der Waals surface area contributed by atoms with E-state index in [0.29, 0.717) is 4.90 Å². The highest BCUT2D eigenvalue weighted by Gasteiger charge is 2.36. The fraction of sp³-hybridized carbons (Fsp3) is 0.429. The fourth-order valence-corrected chi connectivity index (χ4v) is 0.906. The lowest BCUT2D eigenvalue weighted by molar-refractivity contribution is -0.151. The average Bonchev–Trinajstić information content (AvgIpc) is 2.11. The van der Waals surface area contributed by atoms with E-state index in [4.69, 9.17) is 0 Å². The zero-order valence-electron chi connectivity index (χ0n) is 7.40. The predicted molar refractivity (Wildman–Crippen MR) is 41.9 cm³/mol. The van der Waals surface area contributed by atoms with Crippen LogP contribution in [-0.2, 0) is 19.1 Å². The number of imide groups is 2. The van der Waals surface area contributed by atoms with Crippen molar-refractivity contribution in [1.29, 1.82) is 0 Å². The Hall–Kier alpha value is -1.92. The SMILES string of the molecule is CCOC(=O)N1CC(=O)NC(=O)C1=O. The molecule has 4 amide bonds. The van der Waals surface area contributed by atoms with E-state index in [1.807, 2.05) is 0 Å². The highest BCUT2D eigenvalue weighted by Crippen LogP contribution is 2.00. The summed E-state index contributed by atoms with van der Waals surface area (Å²) in [6.07, 6.45) is -0.985. The number of hydrogen-bond donors (Lipinski definition) is 1. The fourth-order valence-electron chi connectivity index (χ4n) is 0.906. The number of piperazine rings is 1. The van der Waals surface area contributed by atoms with Gasteiger partial charge in [0.15, 0.2) is 0 Å². The molecule has 76 valence electrons. The molecule has 0 unspecified atom stereocenters. The van der Waals surface area contributed by atoms with Crippen LogP contribution in [0, 0.1) is 0 Å². The highest BCUT2D eigenvalue weighted by atomic mass is 16.6. The normalized spacial score (nSPS) is 16.6. The zero-order chi connectivity index (χ0) is 10.7. The van der Waals surface area contributed by atoms with Gasteiger partial charge in [-0.3, -0.25) is 19.7 Å². The maximum atomic E-state index is 11.1. The Morgan fingerprint density at radius 3 is 2.71 bits per heavy atom. The molecule has 0 aromatic heterocycles. The Balaban J connectivity index is 2.76. The van der Waals surface area contributed by atoms with Crippen molar-refractivity contribution in [2.45, 2.75) is 6.92 Å². The lowest BCUT2D eigenvalue weighted by Crippen LogP contribution is -2.57. The number of carbonyl (C=O) groups excluding carboxylic acids is 4. The molecule has 1 rings (SSSR count). The Kier molecular flexibility index (Phi) is 2.80. The number of carbonyl (C=O) groups is 4. The van der Waals surface area contributed by atoms with Gasteiger partial charge < -0.3 is 4.74 Å². The first kappa shape index (κ1) is 10.2. The van der Waals surface area contributed by atoms with Gasteiger partial charge in [-0.1, -0.05) is 0 Å². The molecule has 7 nitrogen and oxygen atoms in total. The van der Waals surface area contributed by atoms with Crippen LogP contribution in [0.25, 0.3) is 0 Å². The largest absolute Gasteiger partial charge is 0.449 e. The molecular weight excluding hydrogens is 192 g/mol. The Morgan fingerprint density at radius 2 is 2.14 bits per heavy atom. The molecule has 1 heterocycles. The maximum Gasteiger partial charge on any atom is 0.417 e. The molecule has 1 aliphatic heterocycles. The van der Waals surface area contributed by atoms with E-state index >= 15 is 0 Å². The molecular formula is C7H8N2O5. The van der Waals surface area contributed by atoms with Crippen molar-refractivity contribution in [2.24, 2.45) is 0 Å². The molecule has 0 atom stereocenters. The van der Waals surface area contributed by atoms with Gasteiger partial charge in [0.05, 0.1) is 6.61 Å². The van der Waals surface area contributed by atoms with Gasteiger partial charge in [0.1, 0.15) is 6.54 Å². The van der Waals surface area contributed by atoms with Crippen molar-refractivity contribution in [3.63, 3.8) is 0 Å². The predicted octanol–water partition coefficient (Wildman–Crippen LogP) is -1.37. The summed E-state index contributed by atoms with van der Waals surface area (Å²) in [5, 5.41) is 1.78. The van der Waals surface area contributed by atoms with Gasteiger partial charge in [-0.2, -0.15) is 0 Å². The molecule has 0 bridgehead atoms. The van der Waals surface area contributed by atoms with Crippen molar-refractivity contribution in [2.75, 3.05) is 13.2 Å². The standard InChI is InChI=1S/C7H8N2O5/c1-2-14-7(13)9-3-4(10)8-5(11)6(9)12/h2-3H2,1H3,(H,8,10,11). The van der Waals surface area contributed by atoms with Crippen LogP contribution >= 0.6 is 0 Å². The van der Waals surface area contributed by atoms with E-state index in [2.05, 4.69) is 4.74 Å². The molecule has 1 fully saturated rings. The molecule has 1 N–H and O–H groups in total. The van der Waals surface area contributed by atoms with Crippen LogP contribution in [0.15, 0.2) is 0 Å². The summed E-state index contributed by atoms with van der Waals surface area (Å²) in [5.41, 5.74) is 0. The Morgan fingerprint density at radius 1 is 1.50 bits per heavy atom. The number of nitrogens with one attached hydrogen (secondary N) is 1. The minimum Gasteiger partial charge on any atom is -0.449 e. The Bertz CT molecular complexity index is 311. The van der Waals surface area contributed by atoms with E-state index in [9.17, 15) is 19.2 Å². The summed E-state index contributed by atoms with van der Waals surface area (Å²) < 4.78 is 4.48. The van der Waals surface area contributed by atoms with Crippen molar-refractivity contribution >= 4 is 23.8 Å². The molecule has 0 aliphatic carbocycles. The van der Waals surface area contributed by atoms with Crippen LogP contribution in [0.2, 0.25) is 0 Å². The van der Waals surface area contributed by atoms with Crippen LogP contribution in [0.3, 0.4) is 0 Å². The topological polar surface area (TPSA) is 92.8 Å². The third-order valence-corrected chi connectivity index (χ3v) is 1.48. The first-order valence-corrected chi connectivity index (χ1v) is 3.88. The first-order valence-electron chi connectivity index (χ1n) is 3.88. The van der Waals surface area contributed by atoms with Crippen molar-refractivity contribution in [1.82, 2.24) is 10.2 Å². The smallest absolute Gasteiger partial charge is 0.417 e. The minimum atomic E-state index is -1.12. The van der Waals surface area contributed by atoms with Gasteiger partial charge in [0.25, 0.3) is 0 Å². The lowest BCUT2D eigenvalue weighted by atomic mass is 10.3. The number of rotatable bonds is 1. The van der Waals surface area contributed by atoms with E-state index in [0.717, 1.165) is 0 Å². The molecule has 7 heteroatoms. The van der Waals surface area contributed by atoms with Gasteiger partial charge >= 0.3 is 17.9 Å². The lowest BCUT2D eigenvalue weighted by Gasteiger charge is -2.22. The number of amides is 4. The summed E-state index contributed by atoms with van der Waals surface area (Å²) in [6, 6.07) is 0. The third kappa shape index (κ3) is 1.87. The molecule has 0 aromatic carbocycles. The quantitative estimate of drug-likeness (QED) is 0.416. The molecule has 1 aliphatic rings. The van der Waals surface area contributed by atoms with Gasteiger partial charge in [0, 0.05) is 0 Å². The second kappa shape index (κ2) is 3.86. The van der Waals surface area contributed by atoms with Crippen molar-refractivity contribution in [3.8, 4) is 0 Å². The van der Waals surface area contributed by atoms with Crippen LogP contribution in [0.5, 0.6) is 0 Å². The van der Waals surface area contributed by atoms with Crippen molar-refractivity contribution in [3.05, 3.63) is 0 Å². The van der Waals surface area contributed by atoms with Crippen LogP contribution in [-0.4, -0.2) is 41.9 Å². The van der Waals surface area contributed by atoms with Crippen LogP contribution in [0.4, 0.5) is 4.79 Å². The molecule has 0 aromatic rings. The van der Waals surface area contributed by atoms with E-state index in [1.54, 1.807) is 12.2 Å². The molecule has 0 saturated carbocycles. The van der Waals surface area contributed by atoms with Crippen LogP contribution in [0.1, 0.15) is 6.92 Å². The summed E-state index contributed by atoms with van der Waals surface area (Å²) in [7, 11) is 0. The monoisotopic (exact) mass is 200 g/mol. The average molecular weight is 200 g/mol. The maximum absolute atomic E-state index is 11.1. The third-order valence-electron chi connectivity index (χ3n) is 1.48. The molecule has 0 spiro atoms. The second-order valence-electron chi connectivity index (χ2n) is 2.47. The summed E-state index contributed by atoms with van der Waals surface area (Å²) in [6.45, 7) is 1.13. The first-order chi connectivity index (χ1) is 6.56. The highest BCUT2D eigenvalue weighted by molar-refractivity contribution is 6.42.